The number of aromatic hydroxyl groups is 1. The first-order valence-corrected chi connectivity index (χ1v) is 13.7. The molecule has 0 saturated heterocycles. The van der Waals surface area contributed by atoms with E-state index in [0.717, 1.165) is 30.4 Å². The Hall–Kier alpha value is -3.07. The average Bonchev–Trinajstić information content (AvgIpc) is 3.21. The van der Waals surface area contributed by atoms with Crippen LogP contribution < -0.4 is 10.1 Å². The van der Waals surface area contributed by atoms with Crippen molar-refractivity contribution in [2.24, 2.45) is 11.8 Å². The van der Waals surface area contributed by atoms with Gasteiger partial charge in [0.1, 0.15) is 5.76 Å². The molecule has 0 unspecified atom stereocenters. The van der Waals surface area contributed by atoms with Crippen molar-refractivity contribution in [2.75, 3.05) is 6.54 Å². The molecule has 206 valence electrons. The summed E-state index contributed by atoms with van der Waals surface area (Å²) in [5, 5.41) is 25.3. The summed E-state index contributed by atoms with van der Waals surface area (Å²) in [4.78, 5) is 37.0. The van der Waals surface area contributed by atoms with E-state index in [1.165, 1.54) is 6.92 Å². The van der Waals surface area contributed by atoms with E-state index in [0.29, 0.717) is 37.4 Å². The molecule has 1 aromatic rings. The Balaban J connectivity index is 1.24. The van der Waals surface area contributed by atoms with Gasteiger partial charge in [0.25, 0.3) is 0 Å². The van der Waals surface area contributed by atoms with Crippen LogP contribution in [0.4, 0.5) is 0 Å². The quantitative estimate of drug-likeness (QED) is 0.418. The molecule has 5 atom stereocenters. The van der Waals surface area contributed by atoms with Gasteiger partial charge >= 0.3 is 11.9 Å². The molecule has 9 heteroatoms. The zero-order chi connectivity index (χ0) is 27.2. The number of hydrogen-bond acceptors (Lipinski definition) is 8. The molecule has 1 aromatic carbocycles. The molecular weight excluding hydrogens is 490 g/mol. The number of aliphatic hydroxyl groups is 1. The molecule has 1 fully saturated rings. The molecule has 3 N–H and O–H groups in total. The summed E-state index contributed by atoms with van der Waals surface area (Å²) >= 11 is 0. The van der Waals surface area contributed by atoms with Crippen LogP contribution in [0.25, 0.3) is 0 Å². The van der Waals surface area contributed by atoms with Gasteiger partial charge in [-0.3, -0.25) is 9.59 Å². The third-order valence-corrected chi connectivity index (χ3v) is 8.72. The minimum atomic E-state index is -1.17. The minimum Gasteiger partial charge on any atom is -0.504 e. The number of carbonyl (C=O) groups is 3. The normalized spacial score (nSPS) is 29.0. The van der Waals surface area contributed by atoms with E-state index in [9.17, 15) is 24.6 Å². The third-order valence-electron chi connectivity index (χ3n) is 8.72. The fourth-order valence-electron chi connectivity index (χ4n) is 6.85. The first kappa shape index (κ1) is 26.5. The maximum atomic E-state index is 12.9. The summed E-state index contributed by atoms with van der Waals surface area (Å²) in [6.07, 6.45) is 4.33. The van der Waals surface area contributed by atoms with E-state index in [4.69, 9.17) is 14.2 Å². The largest absolute Gasteiger partial charge is 0.504 e. The third kappa shape index (κ3) is 4.25. The summed E-state index contributed by atoms with van der Waals surface area (Å²) < 4.78 is 17.2. The van der Waals surface area contributed by atoms with Crippen molar-refractivity contribution < 1.29 is 38.8 Å². The number of ether oxygens (including phenoxy) is 3. The molecule has 1 saturated carbocycles. The second kappa shape index (κ2) is 9.91. The van der Waals surface area contributed by atoms with Crippen LogP contribution in [0.5, 0.6) is 11.5 Å². The van der Waals surface area contributed by atoms with Crippen molar-refractivity contribution in [3.05, 3.63) is 35.1 Å². The molecule has 9 nitrogen and oxygen atoms in total. The zero-order valence-corrected chi connectivity index (χ0v) is 22.2. The Labute approximate surface area is 222 Å². The fourth-order valence-corrected chi connectivity index (χ4v) is 6.85. The average molecular weight is 528 g/mol. The summed E-state index contributed by atoms with van der Waals surface area (Å²) in [6.45, 7) is 5.64. The van der Waals surface area contributed by atoms with Crippen LogP contribution in [0.1, 0.15) is 76.8 Å². The molecule has 2 bridgehead atoms. The zero-order valence-electron chi connectivity index (χ0n) is 22.2. The van der Waals surface area contributed by atoms with Crippen LogP contribution >= 0.6 is 0 Å². The summed E-state index contributed by atoms with van der Waals surface area (Å²) in [5.74, 6) is -0.409. The van der Waals surface area contributed by atoms with E-state index < -0.39 is 35.2 Å². The lowest BCUT2D eigenvalue weighted by atomic mass is 9.47. The highest BCUT2D eigenvalue weighted by atomic mass is 16.6. The van der Waals surface area contributed by atoms with Crippen molar-refractivity contribution in [2.45, 2.75) is 95.4 Å². The second-order valence-corrected chi connectivity index (χ2v) is 11.5. The van der Waals surface area contributed by atoms with Crippen molar-refractivity contribution >= 4 is 17.8 Å². The topological polar surface area (TPSA) is 131 Å². The Bertz CT molecular complexity index is 1180. The number of benzene rings is 1. The van der Waals surface area contributed by atoms with Crippen molar-refractivity contribution in [3.8, 4) is 11.5 Å². The van der Waals surface area contributed by atoms with Gasteiger partial charge in [0.2, 0.25) is 5.91 Å². The van der Waals surface area contributed by atoms with Gasteiger partial charge in [-0.25, -0.2) is 4.79 Å². The van der Waals surface area contributed by atoms with Crippen molar-refractivity contribution in [1.82, 2.24) is 5.32 Å². The molecule has 5 rings (SSSR count). The van der Waals surface area contributed by atoms with Crippen LogP contribution in [0.2, 0.25) is 0 Å². The van der Waals surface area contributed by atoms with Gasteiger partial charge in [0, 0.05) is 18.5 Å². The van der Waals surface area contributed by atoms with Gasteiger partial charge < -0.3 is 29.7 Å². The Morgan fingerprint density at radius 1 is 1.21 bits per heavy atom. The fraction of sp³-hybridized carbons (Fsp3) is 0.621. The first-order chi connectivity index (χ1) is 18.1. The molecule has 0 aromatic heterocycles. The number of amides is 1. The van der Waals surface area contributed by atoms with Crippen LogP contribution in [-0.2, 0) is 35.7 Å². The van der Waals surface area contributed by atoms with Gasteiger partial charge in [-0.15, -0.1) is 0 Å². The predicted octanol–water partition coefficient (Wildman–Crippen LogP) is 3.18. The second-order valence-electron chi connectivity index (χ2n) is 11.5. The first-order valence-electron chi connectivity index (χ1n) is 13.7. The monoisotopic (exact) mass is 527 g/mol. The molecule has 1 aliphatic heterocycles. The molecule has 1 spiro atoms. The molecule has 3 aliphatic carbocycles. The lowest BCUT2D eigenvalue weighted by Crippen LogP contribution is -2.67. The van der Waals surface area contributed by atoms with E-state index >= 15 is 0 Å². The van der Waals surface area contributed by atoms with Crippen molar-refractivity contribution in [3.63, 3.8) is 0 Å². The van der Waals surface area contributed by atoms with E-state index in [-0.39, 0.29) is 36.3 Å². The van der Waals surface area contributed by atoms with Crippen LogP contribution in [0.15, 0.2) is 24.0 Å². The maximum absolute atomic E-state index is 12.9. The summed E-state index contributed by atoms with van der Waals surface area (Å²) in [6, 6.07) is 3.52. The minimum absolute atomic E-state index is 0.00294. The van der Waals surface area contributed by atoms with Gasteiger partial charge in [0.05, 0.1) is 17.4 Å². The molecular formula is C29H37NO8. The lowest BCUT2D eigenvalue weighted by molar-refractivity contribution is -0.171. The van der Waals surface area contributed by atoms with Gasteiger partial charge in [-0.2, -0.15) is 0 Å². The van der Waals surface area contributed by atoms with E-state index in [1.54, 1.807) is 12.1 Å². The highest BCUT2D eigenvalue weighted by Gasteiger charge is 2.70. The van der Waals surface area contributed by atoms with Gasteiger partial charge in [0.15, 0.2) is 23.7 Å². The van der Waals surface area contributed by atoms with Crippen molar-refractivity contribution in [1.29, 1.82) is 0 Å². The smallest absolute Gasteiger partial charge is 0.352 e. The number of rotatable bonds is 9. The number of hydrogen-bond donors (Lipinski definition) is 3. The highest BCUT2D eigenvalue weighted by molar-refractivity contribution is 5.81. The SMILES string of the molecule is CC(C)CCC(=O)NCCC(=O)O[C@@H](C)C(=O)OC1=CC[C@@]2(O)[C@@H]3CCC[C@@]24c2c(ccc(O)c2O[C@@H]14)C3. The Morgan fingerprint density at radius 2 is 2.00 bits per heavy atom. The van der Waals surface area contributed by atoms with E-state index in [1.807, 2.05) is 19.9 Å². The summed E-state index contributed by atoms with van der Waals surface area (Å²) in [5.41, 5.74) is 0.0175. The molecule has 1 amide bonds. The Morgan fingerprint density at radius 3 is 2.76 bits per heavy atom. The van der Waals surface area contributed by atoms with E-state index in [2.05, 4.69) is 5.32 Å². The Kier molecular flexibility index (Phi) is 6.92. The highest BCUT2D eigenvalue weighted by Crippen LogP contribution is 2.67. The molecule has 38 heavy (non-hydrogen) atoms. The van der Waals surface area contributed by atoms with Gasteiger partial charge in [-0.05, 0) is 68.6 Å². The maximum Gasteiger partial charge on any atom is 0.352 e. The number of phenolic OH excluding ortho intramolecular Hbond substituents is 1. The number of phenols is 1. The molecule has 1 heterocycles. The molecule has 0 radical (unpaired) electrons. The number of nitrogens with one attached hydrogen (secondary N) is 1. The predicted molar refractivity (Wildman–Crippen MR) is 136 cm³/mol. The molecule has 4 aliphatic rings. The van der Waals surface area contributed by atoms with Crippen LogP contribution in [0, 0.1) is 11.8 Å². The van der Waals surface area contributed by atoms with Gasteiger partial charge in [-0.1, -0.05) is 26.3 Å². The summed E-state index contributed by atoms with van der Waals surface area (Å²) in [7, 11) is 0. The van der Waals surface area contributed by atoms with Crippen LogP contribution in [0.3, 0.4) is 0 Å². The lowest BCUT2D eigenvalue weighted by Gasteiger charge is -2.59. The number of carbonyl (C=O) groups excluding carboxylic acids is 3. The standard InChI is InChI=1S/C29H37NO8/c1-16(2)6-9-22(32)30-14-11-23(33)36-17(3)27(34)37-21-10-13-29(35)19-5-4-12-28(29)24-18(15-19)7-8-20(31)25(24)38-26(21)28/h7-8,10,16-17,19,26,31,35H,4-6,9,11-15H2,1-3H3,(H,30,32)/t17-,19+,26-,28-,29+/m0/s1. The van der Waals surface area contributed by atoms with Crippen LogP contribution in [-0.4, -0.2) is 52.4 Å². The number of esters is 2.